The first-order valence-corrected chi connectivity index (χ1v) is 6.62. The van der Waals surface area contributed by atoms with Crippen LogP contribution < -0.4 is 0 Å². The zero-order chi connectivity index (χ0) is 14.4. The summed E-state index contributed by atoms with van der Waals surface area (Å²) in [5.74, 6) is -0.988. The lowest BCUT2D eigenvalue weighted by Gasteiger charge is -2.15. The van der Waals surface area contributed by atoms with E-state index in [1.807, 2.05) is 12.2 Å². The summed E-state index contributed by atoms with van der Waals surface area (Å²) in [6, 6.07) is 0. The first-order chi connectivity index (χ1) is 9.54. The Kier molecular flexibility index (Phi) is 2.87. The number of allylic oxidation sites excluding steroid dienone is 2. The van der Waals surface area contributed by atoms with Crippen LogP contribution in [0.2, 0.25) is 0 Å². The van der Waals surface area contributed by atoms with Crippen LogP contribution in [-0.2, 0) is 19.1 Å². The number of carbonyl (C=O) groups is 3. The lowest BCUT2D eigenvalue weighted by molar-refractivity contribution is -0.138. The molecule has 3 aliphatic rings. The molecule has 1 saturated carbocycles. The van der Waals surface area contributed by atoms with Crippen molar-refractivity contribution >= 4 is 17.8 Å². The van der Waals surface area contributed by atoms with Crippen LogP contribution in [0.4, 0.5) is 0 Å². The maximum atomic E-state index is 12.4. The smallest absolute Gasteiger partial charge is 0.338 e. The molecule has 5 nitrogen and oxygen atoms in total. The van der Waals surface area contributed by atoms with Gasteiger partial charge in [-0.05, 0) is 25.2 Å². The number of imide groups is 1. The van der Waals surface area contributed by atoms with E-state index in [9.17, 15) is 14.4 Å². The van der Waals surface area contributed by atoms with Gasteiger partial charge in [0.15, 0.2) is 0 Å². The summed E-state index contributed by atoms with van der Waals surface area (Å²) in [7, 11) is 1.26. The maximum Gasteiger partial charge on any atom is 0.338 e. The van der Waals surface area contributed by atoms with E-state index in [2.05, 4.69) is 10.5 Å². The molecule has 20 heavy (non-hydrogen) atoms. The van der Waals surface area contributed by atoms with Crippen molar-refractivity contribution in [1.29, 1.82) is 0 Å². The molecular weight excluding hydrogens is 258 g/mol. The van der Waals surface area contributed by atoms with Gasteiger partial charge in [0.05, 0.1) is 30.7 Å². The predicted molar refractivity (Wildman–Crippen MR) is 68.9 cm³/mol. The van der Waals surface area contributed by atoms with Crippen LogP contribution in [-0.4, -0.2) is 29.8 Å². The molecule has 1 saturated heterocycles. The number of methoxy groups -OCH3 is 1. The lowest BCUT2D eigenvalue weighted by atomic mass is 9.85. The second kappa shape index (κ2) is 4.46. The second-order valence-corrected chi connectivity index (χ2v) is 5.41. The number of esters is 1. The van der Waals surface area contributed by atoms with E-state index in [0.29, 0.717) is 5.70 Å². The molecule has 2 fully saturated rings. The summed E-state index contributed by atoms with van der Waals surface area (Å²) in [5, 5.41) is 0. The molecule has 0 aromatic rings. The molecule has 0 N–H and O–H groups in total. The minimum absolute atomic E-state index is 0.167. The summed E-state index contributed by atoms with van der Waals surface area (Å²) >= 11 is 0. The standard InChI is InChI=1S/C15H15NO4/c1-8(3-6-11(17)20-2)16-14(18)12-9-4-5-10(7-9)13(12)15(16)19/h4-6,9-10,12-13H,7H2,1-2H3. The third-order valence-corrected chi connectivity index (χ3v) is 4.41. The average Bonchev–Trinajstić information content (AvgIpc) is 3.10. The Bertz CT molecular complexity index is 567. The Morgan fingerprint density at radius 2 is 1.85 bits per heavy atom. The fourth-order valence-corrected chi connectivity index (χ4v) is 3.52. The molecule has 2 amide bonds. The van der Waals surface area contributed by atoms with Crippen LogP contribution in [0.1, 0.15) is 13.3 Å². The van der Waals surface area contributed by atoms with E-state index >= 15 is 0 Å². The minimum Gasteiger partial charge on any atom is -0.465 e. The first-order valence-electron chi connectivity index (χ1n) is 6.62. The van der Waals surface area contributed by atoms with Crippen molar-refractivity contribution in [3.8, 4) is 0 Å². The largest absolute Gasteiger partial charge is 0.465 e. The number of rotatable bonds is 2. The molecule has 4 unspecified atom stereocenters. The summed E-state index contributed by atoms with van der Waals surface area (Å²) in [5.41, 5.74) is 3.00. The summed E-state index contributed by atoms with van der Waals surface area (Å²) in [4.78, 5) is 37.1. The quantitative estimate of drug-likeness (QED) is 0.248. The van der Waals surface area contributed by atoms with Gasteiger partial charge in [0, 0.05) is 0 Å². The lowest BCUT2D eigenvalue weighted by Crippen LogP contribution is -2.31. The van der Waals surface area contributed by atoms with Crippen LogP contribution >= 0.6 is 0 Å². The van der Waals surface area contributed by atoms with Gasteiger partial charge in [0.25, 0.3) is 0 Å². The highest BCUT2D eigenvalue weighted by molar-refractivity contribution is 6.08. The van der Waals surface area contributed by atoms with Crippen molar-refractivity contribution in [2.24, 2.45) is 23.7 Å². The van der Waals surface area contributed by atoms with Crippen LogP contribution in [0.15, 0.2) is 29.7 Å². The number of amides is 2. The highest BCUT2D eigenvalue weighted by Crippen LogP contribution is 2.52. The Balaban J connectivity index is 1.90. The Labute approximate surface area is 116 Å². The first kappa shape index (κ1) is 12.9. The molecule has 104 valence electrons. The van der Waals surface area contributed by atoms with Gasteiger partial charge in [0.2, 0.25) is 11.8 Å². The SMILES string of the molecule is COC(=O)C=C=C(C)N1C(=O)C2C3C=CC(C3)C2C1=O. The second-order valence-electron chi connectivity index (χ2n) is 5.41. The highest BCUT2D eigenvalue weighted by Gasteiger charge is 2.59. The van der Waals surface area contributed by atoms with Crippen molar-refractivity contribution in [1.82, 2.24) is 4.90 Å². The van der Waals surface area contributed by atoms with Crippen LogP contribution in [0.5, 0.6) is 0 Å². The Hall–Kier alpha value is -2.13. The molecule has 2 bridgehead atoms. The molecule has 1 heterocycles. The van der Waals surface area contributed by atoms with E-state index in [1.54, 1.807) is 6.92 Å². The molecule has 0 radical (unpaired) electrons. The van der Waals surface area contributed by atoms with Gasteiger partial charge in [-0.1, -0.05) is 17.9 Å². The van der Waals surface area contributed by atoms with Crippen LogP contribution in [0, 0.1) is 23.7 Å². The summed E-state index contributed by atoms with van der Waals surface area (Å²) in [6.45, 7) is 1.60. The van der Waals surface area contributed by atoms with Crippen molar-refractivity contribution in [2.75, 3.05) is 7.11 Å². The van der Waals surface area contributed by atoms with Gasteiger partial charge in [-0.25, -0.2) is 9.69 Å². The number of fused-ring (bicyclic) bond motifs is 5. The summed E-state index contributed by atoms with van der Waals surface area (Å²) in [6.07, 6.45) is 6.09. The van der Waals surface area contributed by atoms with E-state index in [4.69, 9.17) is 0 Å². The molecule has 2 aliphatic carbocycles. The van der Waals surface area contributed by atoms with Crippen LogP contribution in [0.25, 0.3) is 0 Å². The number of carbonyl (C=O) groups excluding carboxylic acids is 3. The Morgan fingerprint density at radius 1 is 1.30 bits per heavy atom. The normalized spacial score (nSPS) is 33.2. The topological polar surface area (TPSA) is 63.7 Å². The fourth-order valence-electron chi connectivity index (χ4n) is 3.52. The zero-order valence-corrected chi connectivity index (χ0v) is 11.3. The van der Waals surface area contributed by atoms with Gasteiger partial charge >= 0.3 is 5.97 Å². The van der Waals surface area contributed by atoms with E-state index in [0.717, 1.165) is 12.5 Å². The molecule has 4 atom stereocenters. The van der Waals surface area contributed by atoms with E-state index in [1.165, 1.54) is 12.0 Å². The van der Waals surface area contributed by atoms with Crippen molar-refractivity contribution in [3.63, 3.8) is 0 Å². The number of nitrogens with zero attached hydrogens (tertiary/aromatic N) is 1. The average molecular weight is 273 g/mol. The molecular formula is C15H15NO4. The Morgan fingerprint density at radius 3 is 2.35 bits per heavy atom. The third-order valence-electron chi connectivity index (χ3n) is 4.41. The van der Waals surface area contributed by atoms with Gasteiger partial charge in [-0.3, -0.25) is 9.59 Å². The minimum atomic E-state index is -0.564. The van der Waals surface area contributed by atoms with E-state index < -0.39 is 5.97 Å². The van der Waals surface area contributed by atoms with Crippen molar-refractivity contribution in [2.45, 2.75) is 13.3 Å². The van der Waals surface area contributed by atoms with Crippen molar-refractivity contribution < 1.29 is 19.1 Å². The monoisotopic (exact) mass is 273 g/mol. The molecule has 0 spiro atoms. The zero-order valence-electron chi connectivity index (χ0n) is 11.3. The third kappa shape index (κ3) is 1.67. The fraction of sp³-hybridized carbons (Fsp3) is 0.467. The van der Waals surface area contributed by atoms with Gasteiger partial charge in [-0.2, -0.15) is 0 Å². The summed E-state index contributed by atoms with van der Waals surface area (Å²) < 4.78 is 4.47. The highest BCUT2D eigenvalue weighted by atomic mass is 16.5. The van der Waals surface area contributed by atoms with Gasteiger partial charge in [0.1, 0.15) is 0 Å². The van der Waals surface area contributed by atoms with Gasteiger partial charge < -0.3 is 4.74 Å². The number of hydrogen-bond acceptors (Lipinski definition) is 4. The molecule has 3 rings (SSSR count). The van der Waals surface area contributed by atoms with Gasteiger partial charge in [-0.15, -0.1) is 0 Å². The predicted octanol–water partition coefficient (Wildman–Crippen LogP) is 1.03. The molecule has 1 aliphatic heterocycles. The number of hydrogen-bond donors (Lipinski definition) is 0. The molecule has 0 aromatic carbocycles. The molecule has 0 aromatic heterocycles. The van der Waals surface area contributed by atoms with E-state index in [-0.39, 0.29) is 35.5 Å². The van der Waals surface area contributed by atoms with Crippen LogP contribution in [0.3, 0.4) is 0 Å². The maximum absolute atomic E-state index is 12.4. The number of ether oxygens (including phenoxy) is 1. The number of likely N-dealkylation sites (tertiary alicyclic amines) is 1. The molecule has 5 heteroatoms. The van der Waals surface area contributed by atoms with Crippen molar-refractivity contribution in [3.05, 3.63) is 29.7 Å².